The highest BCUT2D eigenvalue weighted by Crippen LogP contribution is 2.43. The lowest BCUT2D eigenvalue weighted by molar-refractivity contribution is -0.139. The molecule has 1 heterocycles. The number of unbranched alkanes of at least 4 members (excludes halogenated alkanes) is 2. The molecule has 2 radical (unpaired) electrons. The van der Waals surface area contributed by atoms with E-state index >= 15 is 0 Å². The lowest BCUT2D eigenvalue weighted by atomic mass is 9.88. The lowest BCUT2D eigenvalue weighted by Crippen LogP contribution is -2.40. The van der Waals surface area contributed by atoms with Crippen LogP contribution >= 0.6 is 11.9 Å². The molecule has 0 aromatic rings. The van der Waals surface area contributed by atoms with E-state index in [0.29, 0.717) is 13.0 Å². The molecular formula is C19H34BN3O3S. The predicted octanol–water partition coefficient (Wildman–Crippen LogP) is 2.67. The minimum atomic E-state index is -0.380. The van der Waals surface area contributed by atoms with Crippen LogP contribution in [0.4, 0.5) is 0 Å². The van der Waals surface area contributed by atoms with Crippen LogP contribution in [0, 0.1) is 5.92 Å². The molecule has 0 aromatic carbocycles. The Balaban J connectivity index is 2.53. The Kier molecular flexibility index (Phi) is 9.88. The molecule has 0 saturated carbocycles. The number of nitrogens with zero attached hydrogens (tertiary/aromatic N) is 2. The quantitative estimate of drug-likeness (QED) is 0.238. The minimum absolute atomic E-state index is 0.0525. The third-order valence-electron chi connectivity index (χ3n) is 4.82. The molecule has 0 bridgehead atoms. The molecule has 2 atom stereocenters. The molecule has 27 heavy (non-hydrogen) atoms. The standard InChI is InChI=1S/C19H34BN3O3S/c1-6-11-19(4,27-22(5)20)15-13-17(25)23(18(15)26)12-9-7-8-10-16(24)21-14(2)3/h14-15H,6-13H2,1-5H3,(H,21,24). The van der Waals surface area contributed by atoms with Crippen LogP contribution in [-0.4, -0.2) is 59.2 Å². The first-order valence-corrected chi connectivity index (χ1v) is 10.7. The van der Waals surface area contributed by atoms with Gasteiger partial charge in [0, 0.05) is 30.2 Å². The van der Waals surface area contributed by atoms with Gasteiger partial charge in [-0.15, -0.1) is 0 Å². The van der Waals surface area contributed by atoms with Gasteiger partial charge in [0.25, 0.3) is 0 Å². The van der Waals surface area contributed by atoms with Gasteiger partial charge in [-0.1, -0.05) is 31.7 Å². The van der Waals surface area contributed by atoms with E-state index < -0.39 is 0 Å². The van der Waals surface area contributed by atoms with Crippen molar-refractivity contribution in [2.75, 3.05) is 13.6 Å². The predicted molar refractivity (Wildman–Crippen MR) is 111 cm³/mol. The van der Waals surface area contributed by atoms with Crippen molar-refractivity contribution in [3.63, 3.8) is 0 Å². The maximum absolute atomic E-state index is 12.9. The van der Waals surface area contributed by atoms with Crippen molar-refractivity contribution in [3.05, 3.63) is 0 Å². The average molecular weight is 395 g/mol. The van der Waals surface area contributed by atoms with E-state index in [9.17, 15) is 14.4 Å². The maximum Gasteiger partial charge on any atom is 0.234 e. The van der Waals surface area contributed by atoms with E-state index in [0.717, 1.165) is 32.1 Å². The van der Waals surface area contributed by atoms with Gasteiger partial charge in [0.1, 0.15) is 0 Å². The Labute approximate surface area is 169 Å². The molecule has 0 spiro atoms. The number of imide groups is 1. The summed E-state index contributed by atoms with van der Waals surface area (Å²) >= 11 is 1.44. The number of amides is 3. The molecule has 1 fully saturated rings. The third kappa shape index (κ3) is 7.49. The lowest BCUT2D eigenvalue weighted by Gasteiger charge is -2.35. The largest absolute Gasteiger partial charge is 0.354 e. The van der Waals surface area contributed by atoms with Gasteiger partial charge in [-0.2, -0.15) is 0 Å². The first-order chi connectivity index (χ1) is 12.6. The van der Waals surface area contributed by atoms with Crippen molar-refractivity contribution in [3.8, 4) is 0 Å². The Hall–Kier alpha value is -1.02. The van der Waals surface area contributed by atoms with Gasteiger partial charge in [-0.25, -0.2) is 0 Å². The highest BCUT2D eigenvalue weighted by molar-refractivity contribution is 7.99. The molecule has 2 unspecified atom stereocenters. The highest BCUT2D eigenvalue weighted by Gasteiger charge is 2.48. The summed E-state index contributed by atoms with van der Waals surface area (Å²) in [5, 5.41) is 2.86. The molecule has 1 saturated heterocycles. The van der Waals surface area contributed by atoms with Gasteiger partial charge in [-0.3, -0.25) is 19.3 Å². The summed E-state index contributed by atoms with van der Waals surface area (Å²) in [4.78, 5) is 38.3. The zero-order chi connectivity index (χ0) is 20.6. The van der Waals surface area contributed by atoms with Crippen molar-refractivity contribution >= 4 is 37.7 Å². The summed E-state index contributed by atoms with van der Waals surface area (Å²) in [7, 11) is 7.57. The summed E-state index contributed by atoms with van der Waals surface area (Å²) in [6, 6.07) is 0.150. The summed E-state index contributed by atoms with van der Waals surface area (Å²) in [5.74, 6) is -0.456. The normalized spacial score (nSPS) is 19.8. The van der Waals surface area contributed by atoms with Crippen LogP contribution in [-0.2, 0) is 14.4 Å². The molecule has 6 nitrogen and oxygen atoms in total. The Bertz CT molecular complexity index is 530. The second kappa shape index (κ2) is 11.1. The zero-order valence-corrected chi connectivity index (χ0v) is 18.2. The first-order valence-electron chi connectivity index (χ1n) is 9.91. The molecule has 8 heteroatoms. The van der Waals surface area contributed by atoms with Crippen LogP contribution in [0.1, 0.15) is 72.6 Å². The van der Waals surface area contributed by atoms with Crippen molar-refractivity contribution < 1.29 is 14.4 Å². The smallest absolute Gasteiger partial charge is 0.234 e. The van der Waals surface area contributed by atoms with Crippen LogP contribution < -0.4 is 5.32 Å². The third-order valence-corrected chi connectivity index (χ3v) is 6.01. The fourth-order valence-corrected chi connectivity index (χ4v) is 4.90. The van der Waals surface area contributed by atoms with E-state index in [1.54, 1.807) is 7.05 Å². The first kappa shape index (κ1) is 24.0. The van der Waals surface area contributed by atoms with Gasteiger partial charge >= 0.3 is 0 Å². The molecule has 0 aromatic heterocycles. The highest BCUT2D eigenvalue weighted by atomic mass is 32.2. The molecule has 1 N–H and O–H groups in total. The summed E-state index contributed by atoms with van der Waals surface area (Å²) in [6.45, 7) is 8.41. The fraction of sp³-hybridized carbons (Fsp3) is 0.842. The zero-order valence-electron chi connectivity index (χ0n) is 17.4. The SMILES string of the molecule is [B]N(C)SC(C)(CCC)C1CC(=O)N(CCCCCC(=O)NC(C)C)C1=O. The molecule has 152 valence electrons. The molecule has 1 rings (SSSR count). The number of rotatable bonds is 12. The molecule has 1 aliphatic rings. The summed E-state index contributed by atoms with van der Waals surface area (Å²) in [6.07, 6.45) is 4.80. The van der Waals surface area contributed by atoms with E-state index in [1.165, 1.54) is 21.1 Å². The van der Waals surface area contributed by atoms with Crippen LogP contribution in [0.15, 0.2) is 0 Å². The number of carbonyl (C=O) groups excluding carboxylic acids is 3. The number of carbonyl (C=O) groups is 3. The van der Waals surface area contributed by atoms with Gasteiger partial charge in [-0.05, 0) is 47.1 Å². The van der Waals surface area contributed by atoms with Gasteiger partial charge < -0.3 is 9.53 Å². The van der Waals surface area contributed by atoms with Crippen LogP contribution in [0.25, 0.3) is 0 Å². The number of likely N-dealkylation sites (tertiary alicyclic amines) is 1. The molecule has 0 aliphatic carbocycles. The van der Waals surface area contributed by atoms with Crippen molar-refractivity contribution in [1.82, 2.24) is 14.4 Å². The van der Waals surface area contributed by atoms with Gasteiger partial charge in [0.15, 0.2) is 7.98 Å². The second-order valence-electron chi connectivity index (χ2n) is 7.87. The van der Waals surface area contributed by atoms with Crippen molar-refractivity contribution in [2.45, 2.75) is 83.4 Å². The van der Waals surface area contributed by atoms with Crippen molar-refractivity contribution in [2.24, 2.45) is 5.92 Å². The van der Waals surface area contributed by atoms with E-state index in [1.807, 2.05) is 20.8 Å². The number of nitrogens with one attached hydrogen (secondary N) is 1. The van der Waals surface area contributed by atoms with Gasteiger partial charge in [0.05, 0.1) is 5.92 Å². The number of hydrogen-bond donors (Lipinski definition) is 1. The Morgan fingerprint density at radius 2 is 2.04 bits per heavy atom. The van der Waals surface area contributed by atoms with Gasteiger partial charge in [0.2, 0.25) is 17.7 Å². The van der Waals surface area contributed by atoms with Crippen LogP contribution in [0.5, 0.6) is 0 Å². The summed E-state index contributed by atoms with van der Waals surface area (Å²) < 4.78 is 1.15. The monoisotopic (exact) mass is 395 g/mol. The molecule has 1 aliphatic heterocycles. The van der Waals surface area contributed by atoms with Crippen LogP contribution in [0.2, 0.25) is 0 Å². The van der Waals surface area contributed by atoms with Crippen molar-refractivity contribution in [1.29, 1.82) is 0 Å². The molecular weight excluding hydrogens is 361 g/mol. The van der Waals surface area contributed by atoms with Crippen LogP contribution in [0.3, 0.4) is 0 Å². The van der Waals surface area contributed by atoms with E-state index in [-0.39, 0.29) is 40.8 Å². The minimum Gasteiger partial charge on any atom is -0.354 e. The Morgan fingerprint density at radius 3 is 2.59 bits per heavy atom. The maximum atomic E-state index is 12.9. The number of hydrogen-bond acceptors (Lipinski definition) is 5. The average Bonchev–Trinajstić information content (AvgIpc) is 2.81. The van der Waals surface area contributed by atoms with E-state index in [2.05, 4.69) is 12.2 Å². The summed E-state index contributed by atoms with van der Waals surface area (Å²) in [5.41, 5.74) is 0. The molecule has 3 amide bonds. The second-order valence-corrected chi connectivity index (χ2v) is 9.56. The topological polar surface area (TPSA) is 69.7 Å². The Morgan fingerprint density at radius 1 is 1.37 bits per heavy atom. The van der Waals surface area contributed by atoms with E-state index in [4.69, 9.17) is 7.98 Å². The fourth-order valence-electron chi connectivity index (χ4n) is 3.63.